The van der Waals surface area contributed by atoms with Crippen molar-refractivity contribution in [2.24, 2.45) is 0 Å². The third kappa shape index (κ3) is 1.55. The van der Waals surface area contributed by atoms with Gasteiger partial charge in [0.15, 0.2) is 5.78 Å². The largest absolute Gasteiger partial charge is 0.496 e. The van der Waals surface area contributed by atoms with E-state index in [-0.39, 0.29) is 5.78 Å². The minimum Gasteiger partial charge on any atom is -0.496 e. The highest BCUT2D eigenvalue weighted by Gasteiger charge is 2.05. The zero-order chi connectivity index (χ0) is 8.27. The number of ether oxygens (including phenoxy) is 1. The standard InChI is InChI=1S/C8H9NO2/c1-6(10)7-5-9-4-3-8(7)11-2/h3-5H,1-2H3. The SMILES string of the molecule is COc1ccncc1C(C)=O. The van der Waals surface area contributed by atoms with Gasteiger partial charge < -0.3 is 4.74 Å². The van der Waals surface area contributed by atoms with Crippen molar-refractivity contribution in [3.63, 3.8) is 0 Å². The molecule has 0 atom stereocenters. The summed E-state index contributed by atoms with van der Waals surface area (Å²) in [7, 11) is 1.53. The van der Waals surface area contributed by atoms with Crippen LogP contribution < -0.4 is 4.74 Å². The van der Waals surface area contributed by atoms with Crippen molar-refractivity contribution in [2.45, 2.75) is 6.92 Å². The first-order chi connectivity index (χ1) is 5.25. The molecule has 0 unspecified atom stereocenters. The maximum absolute atomic E-state index is 10.9. The summed E-state index contributed by atoms with van der Waals surface area (Å²) in [6.45, 7) is 1.49. The predicted octanol–water partition coefficient (Wildman–Crippen LogP) is 1.29. The van der Waals surface area contributed by atoms with E-state index in [0.29, 0.717) is 11.3 Å². The van der Waals surface area contributed by atoms with E-state index < -0.39 is 0 Å². The summed E-state index contributed by atoms with van der Waals surface area (Å²) in [4.78, 5) is 14.7. The Morgan fingerprint density at radius 1 is 1.64 bits per heavy atom. The fraction of sp³-hybridized carbons (Fsp3) is 0.250. The van der Waals surface area contributed by atoms with E-state index in [1.165, 1.54) is 20.2 Å². The molecular formula is C8H9NO2. The van der Waals surface area contributed by atoms with Gasteiger partial charge in [-0.25, -0.2) is 0 Å². The van der Waals surface area contributed by atoms with Crippen LogP contribution in [0.3, 0.4) is 0 Å². The molecule has 1 aromatic rings. The molecule has 1 heterocycles. The summed E-state index contributed by atoms with van der Waals surface area (Å²) >= 11 is 0. The van der Waals surface area contributed by atoms with Gasteiger partial charge in [0.1, 0.15) is 5.75 Å². The van der Waals surface area contributed by atoms with Crippen molar-refractivity contribution in [1.29, 1.82) is 0 Å². The lowest BCUT2D eigenvalue weighted by Gasteiger charge is -2.02. The second-order valence-electron chi connectivity index (χ2n) is 2.13. The number of aromatic nitrogens is 1. The van der Waals surface area contributed by atoms with Crippen molar-refractivity contribution in [3.05, 3.63) is 24.0 Å². The lowest BCUT2D eigenvalue weighted by molar-refractivity contribution is 0.101. The van der Waals surface area contributed by atoms with Gasteiger partial charge in [-0.15, -0.1) is 0 Å². The predicted molar refractivity (Wildman–Crippen MR) is 40.8 cm³/mol. The smallest absolute Gasteiger partial charge is 0.165 e. The van der Waals surface area contributed by atoms with Crippen molar-refractivity contribution < 1.29 is 9.53 Å². The Bertz CT molecular complexity index is 271. The minimum absolute atomic E-state index is 0.0325. The second-order valence-corrected chi connectivity index (χ2v) is 2.13. The van der Waals surface area contributed by atoms with Crippen LogP contribution in [-0.4, -0.2) is 17.9 Å². The third-order valence-electron chi connectivity index (χ3n) is 1.38. The summed E-state index contributed by atoms with van der Waals surface area (Å²) in [6.07, 6.45) is 3.09. The Hall–Kier alpha value is -1.38. The number of carbonyl (C=O) groups excluding carboxylic acids is 1. The summed E-state index contributed by atoms with van der Waals surface area (Å²) in [6, 6.07) is 1.66. The van der Waals surface area contributed by atoms with E-state index in [2.05, 4.69) is 4.98 Å². The summed E-state index contributed by atoms with van der Waals surface area (Å²) in [5, 5.41) is 0. The molecule has 3 nitrogen and oxygen atoms in total. The molecule has 1 rings (SSSR count). The molecule has 0 aromatic carbocycles. The highest BCUT2D eigenvalue weighted by Crippen LogP contribution is 2.15. The zero-order valence-electron chi connectivity index (χ0n) is 6.50. The molecule has 0 aliphatic heterocycles. The Morgan fingerprint density at radius 3 is 2.82 bits per heavy atom. The van der Waals surface area contributed by atoms with Gasteiger partial charge in [-0.3, -0.25) is 9.78 Å². The number of ketones is 1. The first-order valence-corrected chi connectivity index (χ1v) is 3.24. The number of pyridine rings is 1. The lowest BCUT2D eigenvalue weighted by Crippen LogP contribution is -1.97. The molecule has 0 fully saturated rings. The minimum atomic E-state index is -0.0325. The van der Waals surface area contributed by atoms with Gasteiger partial charge in [0, 0.05) is 12.4 Å². The third-order valence-corrected chi connectivity index (χ3v) is 1.38. The first-order valence-electron chi connectivity index (χ1n) is 3.24. The van der Waals surface area contributed by atoms with E-state index in [4.69, 9.17) is 4.74 Å². The Morgan fingerprint density at radius 2 is 2.36 bits per heavy atom. The van der Waals surface area contributed by atoms with E-state index in [0.717, 1.165) is 0 Å². The van der Waals surface area contributed by atoms with E-state index >= 15 is 0 Å². The van der Waals surface area contributed by atoms with Crippen LogP contribution in [0.1, 0.15) is 17.3 Å². The molecule has 3 heteroatoms. The number of carbonyl (C=O) groups is 1. The Labute approximate surface area is 65.0 Å². The molecule has 0 spiro atoms. The van der Waals surface area contributed by atoms with Crippen molar-refractivity contribution in [3.8, 4) is 5.75 Å². The van der Waals surface area contributed by atoms with Crippen LogP contribution in [0.15, 0.2) is 18.5 Å². The number of nitrogens with zero attached hydrogens (tertiary/aromatic N) is 1. The monoisotopic (exact) mass is 151 g/mol. The lowest BCUT2D eigenvalue weighted by atomic mass is 10.2. The van der Waals surface area contributed by atoms with Crippen LogP contribution in [0.4, 0.5) is 0 Å². The average molecular weight is 151 g/mol. The average Bonchev–Trinajstić information content (AvgIpc) is 2.04. The molecular weight excluding hydrogens is 142 g/mol. The van der Waals surface area contributed by atoms with Gasteiger partial charge in [-0.05, 0) is 13.0 Å². The van der Waals surface area contributed by atoms with Crippen molar-refractivity contribution >= 4 is 5.78 Å². The van der Waals surface area contributed by atoms with Gasteiger partial charge in [0.25, 0.3) is 0 Å². The molecule has 0 radical (unpaired) electrons. The van der Waals surface area contributed by atoms with E-state index in [9.17, 15) is 4.79 Å². The zero-order valence-corrected chi connectivity index (χ0v) is 6.50. The Kier molecular flexibility index (Phi) is 2.21. The molecule has 0 bridgehead atoms. The molecule has 58 valence electrons. The summed E-state index contributed by atoms with van der Waals surface area (Å²) < 4.78 is 4.95. The molecule has 0 amide bonds. The molecule has 0 saturated heterocycles. The fourth-order valence-corrected chi connectivity index (χ4v) is 0.824. The van der Waals surface area contributed by atoms with Crippen LogP contribution in [0.2, 0.25) is 0 Å². The van der Waals surface area contributed by atoms with Gasteiger partial charge in [0.2, 0.25) is 0 Å². The molecule has 1 aromatic heterocycles. The van der Waals surface area contributed by atoms with Gasteiger partial charge in [-0.2, -0.15) is 0 Å². The van der Waals surface area contributed by atoms with E-state index in [1.807, 2.05) is 0 Å². The number of hydrogen-bond donors (Lipinski definition) is 0. The maximum atomic E-state index is 10.9. The normalized spacial score (nSPS) is 9.27. The van der Waals surface area contributed by atoms with Gasteiger partial charge in [-0.1, -0.05) is 0 Å². The molecule has 0 aliphatic carbocycles. The topological polar surface area (TPSA) is 39.2 Å². The quantitative estimate of drug-likeness (QED) is 0.598. The second kappa shape index (κ2) is 3.14. The number of rotatable bonds is 2. The number of hydrogen-bond acceptors (Lipinski definition) is 3. The Balaban J connectivity index is 3.12. The molecule has 0 saturated carbocycles. The fourth-order valence-electron chi connectivity index (χ4n) is 0.824. The summed E-state index contributed by atoms with van der Waals surface area (Å²) in [5.74, 6) is 0.544. The molecule has 0 aliphatic rings. The van der Waals surface area contributed by atoms with Gasteiger partial charge >= 0.3 is 0 Å². The van der Waals surface area contributed by atoms with Crippen molar-refractivity contribution in [1.82, 2.24) is 4.98 Å². The molecule has 11 heavy (non-hydrogen) atoms. The first kappa shape index (κ1) is 7.72. The van der Waals surface area contributed by atoms with Crippen LogP contribution >= 0.6 is 0 Å². The van der Waals surface area contributed by atoms with Crippen LogP contribution in [0.5, 0.6) is 5.75 Å². The van der Waals surface area contributed by atoms with Gasteiger partial charge in [0.05, 0.1) is 12.7 Å². The van der Waals surface area contributed by atoms with Crippen molar-refractivity contribution in [2.75, 3.05) is 7.11 Å². The van der Waals surface area contributed by atoms with E-state index in [1.54, 1.807) is 12.3 Å². The van der Waals surface area contributed by atoms with Crippen LogP contribution in [0.25, 0.3) is 0 Å². The number of methoxy groups -OCH3 is 1. The maximum Gasteiger partial charge on any atom is 0.165 e. The van der Waals surface area contributed by atoms with Crippen LogP contribution in [-0.2, 0) is 0 Å². The highest BCUT2D eigenvalue weighted by atomic mass is 16.5. The van der Waals surface area contributed by atoms with Crippen LogP contribution in [0, 0.1) is 0 Å². The molecule has 0 N–H and O–H groups in total. The highest BCUT2D eigenvalue weighted by molar-refractivity contribution is 5.96. The summed E-state index contributed by atoms with van der Waals surface area (Å²) in [5.41, 5.74) is 0.523. The number of Topliss-reactive ketones (excluding diaryl/α,β-unsaturated/α-hetero) is 1.